The van der Waals surface area contributed by atoms with Crippen LogP contribution in [0, 0.1) is 13.8 Å². The predicted octanol–water partition coefficient (Wildman–Crippen LogP) is 2.69. The van der Waals surface area contributed by atoms with Crippen molar-refractivity contribution < 1.29 is 4.79 Å². The average Bonchev–Trinajstić information content (AvgIpc) is 2.73. The lowest BCUT2D eigenvalue weighted by Gasteiger charge is -2.03. The highest BCUT2D eigenvalue weighted by molar-refractivity contribution is 7.09. The second-order valence-corrected chi connectivity index (χ2v) is 4.97. The first-order chi connectivity index (χ1) is 8.15. The fourth-order valence-corrected chi connectivity index (χ4v) is 2.08. The number of nitrogens with one attached hydrogen (secondary N) is 1. The molecule has 0 saturated heterocycles. The van der Waals surface area contributed by atoms with Crippen LogP contribution >= 0.6 is 11.3 Å². The number of thiazole rings is 1. The van der Waals surface area contributed by atoms with E-state index in [2.05, 4.69) is 10.3 Å². The molecular formula is C13H14N2OS. The van der Waals surface area contributed by atoms with Crippen LogP contribution in [0.1, 0.15) is 26.6 Å². The Bertz CT molecular complexity index is 516. The third-order valence-corrected chi connectivity index (χ3v) is 3.23. The molecule has 2 aromatic rings. The van der Waals surface area contributed by atoms with Crippen molar-refractivity contribution in [3.8, 4) is 0 Å². The SMILES string of the molecule is Cc1ccc(C(=O)NCc2csc(C)n2)cc1. The summed E-state index contributed by atoms with van der Waals surface area (Å²) < 4.78 is 0. The molecule has 3 nitrogen and oxygen atoms in total. The summed E-state index contributed by atoms with van der Waals surface area (Å²) in [6.07, 6.45) is 0. The van der Waals surface area contributed by atoms with Crippen molar-refractivity contribution in [2.45, 2.75) is 20.4 Å². The van der Waals surface area contributed by atoms with Crippen molar-refractivity contribution in [1.29, 1.82) is 0 Å². The van der Waals surface area contributed by atoms with Crippen molar-refractivity contribution >= 4 is 17.2 Å². The van der Waals surface area contributed by atoms with Gasteiger partial charge in [0.2, 0.25) is 0 Å². The molecule has 1 N–H and O–H groups in total. The number of carbonyl (C=O) groups is 1. The number of aromatic nitrogens is 1. The Labute approximate surface area is 105 Å². The number of benzene rings is 1. The molecule has 0 aliphatic carbocycles. The van der Waals surface area contributed by atoms with E-state index in [9.17, 15) is 4.79 Å². The van der Waals surface area contributed by atoms with E-state index < -0.39 is 0 Å². The van der Waals surface area contributed by atoms with Gasteiger partial charge in [0.15, 0.2) is 0 Å². The van der Waals surface area contributed by atoms with Crippen LogP contribution in [0.5, 0.6) is 0 Å². The van der Waals surface area contributed by atoms with Gasteiger partial charge in [-0.05, 0) is 26.0 Å². The fourth-order valence-electron chi connectivity index (χ4n) is 1.47. The largest absolute Gasteiger partial charge is 0.346 e. The highest BCUT2D eigenvalue weighted by atomic mass is 32.1. The third-order valence-electron chi connectivity index (χ3n) is 2.41. The minimum atomic E-state index is -0.0596. The van der Waals surface area contributed by atoms with Gasteiger partial charge in [-0.25, -0.2) is 4.98 Å². The number of carbonyl (C=O) groups excluding carboxylic acids is 1. The van der Waals surface area contributed by atoms with Gasteiger partial charge in [-0.15, -0.1) is 11.3 Å². The monoisotopic (exact) mass is 246 g/mol. The molecule has 1 heterocycles. The van der Waals surface area contributed by atoms with E-state index >= 15 is 0 Å². The Morgan fingerprint density at radius 1 is 1.29 bits per heavy atom. The molecule has 0 radical (unpaired) electrons. The van der Waals surface area contributed by atoms with E-state index in [-0.39, 0.29) is 5.91 Å². The molecular weight excluding hydrogens is 232 g/mol. The molecule has 1 amide bonds. The van der Waals surface area contributed by atoms with Crippen LogP contribution in [0.25, 0.3) is 0 Å². The van der Waals surface area contributed by atoms with E-state index in [0.717, 1.165) is 16.3 Å². The van der Waals surface area contributed by atoms with Crippen LogP contribution < -0.4 is 5.32 Å². The summed E-state index contributed by atoms with van der Waals surface area (Å²) in [5, 5.41) is 5.83. The van der Waals surface area contributed by atoms with E-state index in [0.29, 0.717) is 12.1 Å². The second kappa shape index (κ2) is 5.10. The minimum absolute atomic E-state index is 0.0596. The van der Waals surface area contributed by atoms with E-state index in [1.165, 1.54) is 0 Å². The smallest absolute Gasteiger partial charge is 0.251 e. The molecule has 0 spiro atoms. The molecule has 17 heavy (non-hydrogen) atoms. The molecule has 1 aromatic carbocycles. The maximum atomic E-state index is 11.8. The fraction of sp³-hybridized carbons (Fsp3) is 0.231. The maximum absolute atomic E-state index is 11.8. The van der Waals surface area contributed by atoms with E-state index in [1.807, 2.05) is 43.5 Å². The summed E-state index contributed by atoms with van der Waals surface area (Å²) in [7, 11) is 0. The van der Waals surface area contributed by atoms with Gasteiger partial charge in [0.05, 0.1) is 17.2 Å². The maximum Gasteiger partial charge on any atom is 0.251 e. The molecule has 88 valence electrons. The van der Waals surface area contributed by atoms with Gasteiger partial charge in [0, 0.05) is 10.9 Å². The summed E-state index contributed by atoms with van der Waals surface area (Å²) in [5.41, 5.74) is 2.74. The number of nitrogens with zero attached hydrogens (tertiary/aromatic N) is 1. The van der Waals surface area contributed by atoms with Crippen LogP contribution in [-0.2, 0) is 6.54 Å². The van der Waals surface area contributed by atoms with Gasteiger partial charge >= 0.3 is 0 Å². The predicted molar refractivity (Wildman–Crippen MR) is 69.2 cm³/mol. The molecule has 2 rings (SSSR count). The zero-order chi connectivity index (χ0) is 12.3. The molecule has 1 aromatic heterocycles. The highest BCUT2D eigenvalue weighted by Gasteiger charge is 2.05. The number of aryl methyl sites for hydroxylation is 2. The summed E-state index contributed by atoms with van der Waals surface area (Å²) in [4.78, 5) is 16.1. The van der Waals surface area contributed by atoms with E-state index in [4.69, 9.17) is 0 Å². The van der Waals surface area contributed by atoms with Crippen molar-refractivity contribution in [3.63, 3.8) is 0 Å². The first-order valence-electron chi connectivity index (χ1n) is 5.41. The average molecular weight is 246 g/mol. The highest BCUT2D eigenvalue weighted by Crippen LogP contribution is 2.08. The lowest BCUT2D eigenvalue weighted by Crippen LogP contribution is -2.22. The van der Waals surface area contributed by atoms with Crippen molar-refractivity contribution in [3.05, 3.63) is 51.5 Å². The lowest BCUT2D eigenvalue weighted by atomic mass is 10.1. The topological polar surface area (TPSA) is 42.0 Å². The zero-order valence-electron chi connectivity index (χ0n) is 9.86. The Morgan fingerprint density at radius 2 is 2.00 bits per heavy atom. The Kier molecular flexibility index (Phi) is 3.54. The molecule has 0 saturated carbocycles. The second-order valence-electron chi connectivity index (χ2n) is 3.91. The normalized spacial score (nSPS) is 10.2. The first kappa shape index (κ1) is 11.8. The van der Waals surface area contributed by atoms with Gasteiger partial charge in [-0.1, -0.05) is 17.7 Å². The van der Waals surface area contributed by atoms with Crippen molar-refractivity contribution in [2.24, 2.45) is 0 Å². The summed E-state index contributed by atoms with van der Waals surface area (Å²) in [6, 6.07) is 7.53. The van der Waals surface area contributed by atoms with Gasteiger partial charge in [-0.2, -0.15) is 0 Å². The molecule has 0 fully saturated rings. The molecule has 4 heteroatoms. The van der Waals surface area contributed by atoms with Crippen molar-refractivity contribution in [1.82, 2.24) is 10.3 Å². The standard InChI is InChI=1S/C13H14N2OS/c1-9-3-5-11(6-4-9)13(16)14-7-12-8-17-10(2)15-12/h3-6,8H,7H2,1-2H3,(H,14,16). The quantitative estimate of drug-likeness (QED) is 0.904. The Balaban J connectivity index is 1.95. The number of rotatable bonds is 3. The molecule has 0 aliphatic heterocycles. The molecule has 0 aliphatic rings. The van der Waals surface area contributed by atoms with Gasteiger partial charge in [-0.3, -0.25) is 4.79 Å². The molecule has 0 atom stereocenters. The van der Waals surface area contributed by atoms with Crippen LogP contribution in [-0.4, -0.2) is 10.9 Å². The van der Waals surface area contributed by atoms with Crippen LogP contribution in [0.15, 0.2) is 29.6 Å². The number of hydrogen-bond donors (Lipinski definition) is 1. The third kappa shape index (κ3) is 3.14. The van der Waals surface area contributed by atoms with Crippen LogP contribution in [0.4, 0.5) is 0 Å². The van der Waals surface area contributed by atoms with Gasteiger partial charge < -0.3 is 5.32 Å². The van der Waals surface area contributed by atoms with Crippen LogP contribution in [0.2, 0.25) is 0 Å². The zero-order valence-corrected chi connectivity index (χ0v) is 10.7. The van der Waals surface area contributed by atoms with Crippen molar-refractivity contribution in [2.75, 3.05) is 0 Å². The Hall–Kier alpha value is -1.68. The number of hydrogen-bond acceptors (Lipinski definition) is 3. The first-order valence-corrected chi connectivity index (χ1v) is 6.29. The summed E-state index contributed by atoms with van der Waals surface area (Å²) >= 11 is 1.59. The summed E-state index contributed by atoms with van der Waals surface area (Å²) in [5.74, 6) is -0.0596. The Morgan fingerprint density at radius 3 is 2.59 bits per heavy atom. The van der Waals surface area contributed by atoms with Crippen LogP contribution in [0.3, 0.4) is 0 Å². The molecule has 0 unspecified atom stereocenters. The molecule has 0 bridgehead atoms. The minimum Gasteiger partial charge on any atom is -0.346 e. The number of amides is 1. The van der Waals surface area contributed by atoms with Gasteiger partial charge in [0.1, 0.15) is 0 Å². The van der Waals surface area contributed by atoms with Gasteiger partial charge in [0.25, 0.3) is 5.91 Å². The summed E-state index contributed by atoms with van der Waals surface area (Å²) in [6.45, 7) is 4.44. The van der Waals surface area contributed by atoms with E-state index in [1.54, 1.807) is 11.3 Å². The lowest BCUT2D eigenvalue weighted by molar-refractivity contribution is 0.0950.